The molecule has 2 aromatic heterocycles. The lowest BCUT2D eigenvalue weighted by Crippen LogP contribution is -2.38. The fourth-order valence-electron chi connectivity index (χ4n) is 3.58. The predicted octanol–water partition coefficient (Wildman–Crippen LogP) is 1.37. The lowest BCUT2D eigenvalue weighted by Gasteiger charge is -2.25. The molecular weight excluding hydrogens is 344 g/mol. The van der Waals surface area contributed by atoms with Crippen molar-refractivity contribution in [2.45, 2.75) is 31.9 Å². The Kier molecular flexibility index (Phi) is 4.45. The van der Waals surface area contributed by atoms with Gasteiger partial charge in [0.25, 0.3) is 5.56 Å². The van der Waals surface area contributed by atoms with Crippen LogP contribution in [0.15, 0.2) is 41.3 Å². The number of nitrogens with one attached hydrogen (secondary N) is 2. The largest absolute Gasteiger partial charge is 0.389 e. The van der Waals surface area contributed by atoms with Crippen molar-refractivity contribution < 1.29 is 5.11 Å². The number of β-amino-alcohol motifs (C(OH)–C–C–N with tert-alkyl or cyclic N) is 1. The summed E-state index contributed by atoms with van der Waals surface area (Å²) in [5.74, 6) is 0.445. The van der Waals surface area contributed by atoms with E-state index in [1.54, 1.807) is 10.9 Å². The number of aromatic amines is 1. The van der Waals surface area contributed by atoms with Crippen molar-refractivity contribution in [1.29, 1.82) is 0 Å². The third kappa shape index (κ3) is 3.86. The van der Waals surface area contributed by atoms with E-state index in [-0.39, 0.29) is 11.6 Å². The van der Waals surface area contributed by atoms with Gasteiger partial charge in [0.2, 0.25) is 5.95 Å². The van der Waals surface area contributed by atoms with E-state index < -0.39 is 5.60 Å². The SMILES string of the molecule is CC(C)(O)CN1CC[C@H](Nc2nc3c(cnn3-c3ccccc3)c(=O)[nH]2)C1. The van der Waals surface area contributed by atoms with E-state index in [0.717, 1.165) is 25.2 Å². The number of likely N-dealkylation sites (tertiary alicyclic amines) is 1. The van der Waals surface area contributed by atoms with E-state index >= 15 is 0 Å². The van der Waals surface area contributed by atoms with Crippen LogP contribution >= 0.6 is 0 Å². The van der Waals surface area contributed by atoms with Crippen LogP contribution in [-0.4, -0.2) is 61.0 Å². The van der Waals surface area contributed by atoms with Gasteiger partial charge in [0.1, 0.15) is 5.39 Å². The fourth-order valence-corrected chi connectivity index (χ4v) is 3.58. The van der Waals surface area contributed by atoms with Gasteiger partial charge in [0.15, 0.2) is 5.65 Å². The zero-order valence-corrected chi connectivity index (χ0v) is 15.5. The van der Waals surface area contributed by atoms with Gasteiger partial charge in [0, 0.05) is 25.7 Å². The molecule has 1 atom stereocenters. The summed E-state index contributed by atoms with van der Waals surface area (Å²) in [5.41, 5.74) is 0.450. The highest BCUT2D eigenvalue weighted by Gasteiger charge is 2.27. The summed E-state index contributed by atoms with van der Waals surface area (Å²) in [5, 5.41) is 18.1. The molecule has 1 saturated heterocycles. The van der Waals surface area contributed by atoms with E-state index in [1.165, 1.54) is 0 Å². The number of fused-ring (bicyclic) bond motifs is 1. The second-order valence-corrected chi connectivity index (χ2v) is 7.72. The minimum Gasteiger partial charge on any atom is -0.389 e. The summed E-state index contributed by atoms with van der Waals surface area (Å²) >= 11 is 0. The molecule has 0 bridgehead atoms. The minimum atomic E-state index is -0.720. The molecule has 3 aromatic rings. The van der Waals surface area contributed by atoms with Gasteiger partial charge in [-0.25, -0.2) is 4.68 Å². The van der Waals surface area contributed by atoms with Crippen LogP contribution in [-0.2, 0) is 0 Å². The van der Waals surface area contributed by atoms with E-state index in [9.17, 15) is 9.90 Å². The molecule has 1 aromatic carbocycles. The fraction of sp³-hybridized carbons (Fsp3) is 0.421. The van der Waals surface area contributed by atoms with Crippen molar-refractivity contribution in [3.63, 3.8) is 0 Å². The van der Waals surface area contributed by atoms with Gasteiger partial charge in [-0.2, -0.15) is 10.1 Å². The maximum atomic E-state index is 12.4. The molecule has 0 radical (unpaired) electrons. The van der Waals surface area contributed by atoms with Crippen LogP contribution < -0.4 is 10.9 Å². The number of aromatic nitrogens is 4. The number of aliphatic hydroxyl groups is 1. The van der Waals surface area contributed by atoms with Gasteiger partial charge in [-0.1, -0.05) is 18.2 Å². The third-order valence-corrected chi connectivity index (χ3v) is 4.66. The lowest BCUT2D eigenvalue weighted by atomic mass is 10.1. The van der Waals surface area contributed by atoms with Crippen LogP contribution in [0.5, 0.6) is 0 Å². The lowest BCUT2D eigenvalue weighted by molar-refractivity contribution is 0.0437. The summed E-state index contributed by atoms with van der Waals surface area (Å²) in [4.78, 5) is 22.1. The average Bonchev–Trinajstić information content (AvgIpc) is 3.21. The molecule has 0 aliphatic carbocycles. The van der Waals surface area contributed by atoms with Gasteiger partial charge in [0.05, 0.1) is 17.5 Å². The first-order chi connectivity index (χ1) is 12.9. The van der Waals surface area contributed by atoms with Gasteiger partial charge in [-0.15, -0.1) is 0 Å². The Balaban J connectivity index is 1.58. The highest BCUT2D eigenvalue weighted by Crippen LogP contribution is 2.18. The maximum Gasteiger partial charge on any atom is 0.263 e. The molecule has 1 aliphatic rings. The standard InChI is InChI=1S/C19H24N6O2/c1-19(2,27)12-24-9-8-13(11-24)21-18-22-16-15(17(26)23-18)10-20-25(16)14-6-4-3-5-7-14/h3-7,10,13,27H,8-9,11-12H2,1-2H3,(H2,21,22,23,26)/t13-/m0/s1. The van der Waals surface area contributed by atoms with Gasteiger partial charge < -0.3 is 10.4 Å². The topological polar surface area (TPSA) is 99.1 Å². The summed E-state index contributed by atoms with van der Waals surface area (Å²) in [6.45, 7) is 5.94. The Morgan fingerprint density at radius 2 is 2.11 bits per heavy atom. The molecule has 3 heterocycles. The monoisotopic (exact) mass is 368 g/mol. The average molecular weight is 368 g/mol. The number of nitrogens with zero attached hydrogens (tertiary/aromatic N) is 4. The molecule has 27 heavy (non-hydrogen) atoms. The first-order valence-corrected chi connectivity index (χ1v) is 9.14. The van der Waals surface area contributed by atoms with Crippen LogP contribution in [0.2, 0.25) is 0 Å². The molecule has 142 valence electrons. The van der Waals surface area contributed by atoms with Gasteiger partial charge in [-0.3, -0.25) is 14.7 Å². The Bertz CT molecular complexity index is 989. The molecule has 0 spiro atoms. The number of benzene rings is 1. The van der Waals surface area contributed by atoms with Crippen LogP contribution in [0.1, 0.15) is 20.3 Å². The number of hydrogen-bond donors (Lipinski definition) is 3. The predicted molar refractivity (Wildman–Crippen MR) is 104 cm³/mol. The Labute approximate surface area is 156 Å². The zero-order valence-electron chi connectivity index (χ0n) is 15.5. The number of rotatable bonds is 5. The smallest absolute Gasteiger partial charge is 0.263 e. The highest BCUT2D eigenvalue weighted by atomic mass is 16.3. The number of anilines is 1. The van der Waals surface area contributed by atoms with E-state index in [2.05, 4.69) is 25.3 Å². The molecule has 3 N–H and O–H groups in total. The normalized spacial score (nSPS) is 18.3. The third-order valence-electron chi connectivity index (χ3n) is 4.66. The van der Waals surface area contributed by atoms with Crippen LogP contribution in [0, 0.1) is 0 Å². The first kappa shape index (κ1) is 17.7. The van der Waals surface area contributed by atoms with Gasteiger partial charge >= 0.3 is 0 Å². The van der Waals surface area contributed by atoms with Crippen molar-refractivity contribution in [3.8, 4) is 5.69 Å². The molecular formula is C19H24N6O2. The second-order valence-electron chi connectivity index (χ2n) is 7.72. The Morgan fingerprint density at radius 3 is 2.85 bits per heavy atom. The molecule has 0 unspecified atom stereocenters. The molecule has 1 aliphatic heterocycles. The molecule has 1 fully saturated rings. The summed E-state index contributed by atoms with van der Waals surface area (Å²) in [6, 6.07) is 9.79. The zero-order chi connectivity index (χ0) is 19.0. The highest BCUT2D eigenvalue weighted by molar-refractivity contribution is 5.76. The van der Waals surface area contributed by atoms with E-state index in [0.29, 0.717) is 23.5 Å². The maximum absolute atomic E-state index is 12.4. The summed E-state index contributed by atoms with van der Waals surface area (Å²) < 4.78 is 1.67. The molecule has 0 saturated carbocycles. The van der Waals surface area contributed by atoms with Crippen LogP contribution in [0.4, 0.5) is 5.95 Å². The van der Waals surface area contributed by atoms with Gasteiger partial charge in [-0.05, 0) is 32.4 Å². The second kappa shape index (κ2) is 6.79. The van der Waals surface area contributed by atoms with Crippen molar-refractivity contribution in [2.24, 2.45) is 0 Å². The quantitative estimate of drug-likeness (QED) is 0.629. The number of hydrogen-bond acceptors (Lipinski definition) is 6. The van der Waals surface area contributed by atoms with Crippen LogP contribution in [0.25, 0.3) is 16.7 Å². The van der Waals surface area contributed by atoms with Crippen LogP contribution in [0.3, 0.4) is 0 Å². The minimum absolute atomic E-state index is 0.168. The molecule has 0 amide bonds. The number of para-hydroxylation sites is 1. The van der Waals surface area contributed by atoms with E-state index in [4.69, 9.17) is 0 Å². The Morgan fingerprint density at radius 1 is 1.33 bits per heavy atom. The summed E-state index contributed by atoms with van der Waals surface area (Å²) in [7, 11) is 0. The van der Waals surface area contributed by atoms with Crippen molar-refractivity contribution in [3.05, 3.63) is 46.9 Å². The molecule has 4 rings (SSSR count). The summed E-state index contributed by atoms with van der Waals surface area (Å²) in [6.07, 6.45) is 2.47. The Hall–Kier alpha value is -2.71. The molecule has 8 nitrogen and oxygen atoms in total. The van der Waals surface area contributed by atoms with Crippen molar-refractivity contribution in [2.75, 3.05) is 25.0 Å². The number of H-pyrrole nitrogens is 1. The van der Waals surface area contributed by atoms with Crippen molar-refractivity contribution >= 4 is 17.0 Å². The van der Waals surface area contributed by atoms with Crippen molar-refractivity contribution in [1.82, 2.24) is 24.6 Å². The first-order valence-electron chi connectivity index (χ1n) is 9.14. The molecule has 8 heteroatoms. The van der Waals surface area contributed by atoms with E-state index in [1.807, 2.05) is 44.2 Å².